The van der Waals surface area contributed by atoms with E-state index in [0.29, 0.717) is 51.9 Å². The molecule has 8 nitrogen and oxygen atoms in total. The summed E-state index contributed by atoms with van der Waals surface area (Å²) in [5.74, 6) is 0.540. The largest absolute Gasteiger partial charge is 0.379 e. The number of carbonyl (C=O) groups excluding carboxylic acids is 1. The van der Waals surface area contributed by atoms with Gasteiger partial charge in [-0.2, -0.15) is 17.0 Å². The van der Waals surface area contributed by atoms with Crippen LogP contribution in [0.5, 0.6) is 0 Å². The Hall–Kier alpha value is -1.52. The van der Waals surface area contributed by atoms with Gasteiger partial charge in [0.2, 0.25) is 5.91 Å². The van der Waals surface area contributed by atoms with Gasteiger partial charge in [-0.1, -0.05) is 30.3 Å². The Bertz CT molecular complexity index is 893. The van der Waals surface area contributed by atoms with Gasteiger partial charge in [0.25, 0.3) is 10.2 Å². The van der Waals surface area contributed by atoms with E-state index < -0.39 is 10.2 Å². The predicted octanol–water partition coefficient (Wildman–Crippen LogP) is 0.524. The summed E-state index contributed by atoms with van der Waals surface area (Å²) in [5.41, 5.74) is 0.913. The quantitative estimate of drug-likeness (QED) is 0.658. The minimum atomic E-state index is -3.49. The second-order valence-electron chi connectivity index (χ2n) is 9.55. The molecule has 1 N–H and O–H groups in total. The van der Waals surface area contributed by atoms with Crippen LogP contribution in [0.1, 0.15) is 18.4 Å². The zero-order chi connectivity index (χ0) is 21.5. The Morgan fingerprint density at radius 2 is 1.77 bits per heavy atom. The molecule has 1 aliphatic carbocycles. The molecule has 1 spiro atoms. The fraction of sp³-hybridized carbons (Fsp3) is 0.682. The van der Waals surface area contributed by atoms with E-state index >= 15 is 0 Å². The van der Waals surface area contributed by atoms with Crippen LogP contribution >= 0.6 is 0 Å². The van der Waals surface area contributed by atoms with Gasteiger partial charge in [0.1, 0.15) is 0 Å². The van der Waals surface area contributed by atoms with E-state index in [0.717, 1.165) is 19.6 Å². The number of hydrogen-bond acceptors (Lipinski definition) is 5. The number of ether oxygens (including phenoxy) is 1. The predicted molar refractivity (Wildman–Crippen MR) is 116 cm³/mol. The van der Waals surface area contributed by atoms with Crippen LogP contribution in [0.25, 0.3) is 0 Å². The van der Waals surface area contributed by atoms with Gasteiger partial charge in [-0.05, 0) is 24.3 Å². The normalized spacial score (nSPS) is 27.3. The summed E-state index contributed by atoms with van der Waals surface area (Å²) in [6.45, 7) is 5.47. The minimum absolute atomic E-state index is 0.0888. The molecule has 3 aliphatic heterocycles. The van der Waals surface area contributed by atoms with Crippen LogP contribution in [-0.4, -0.2) is 86.9 Å². The highest BCUT2D eigenvalue weighted by Gasteiger charge is 2.59. The zero-order valence-electron chi connectivity index (χ0n) is 17.9. The second kappa shape index (κ2) is 8.44. The van der Waals surface area contributed by atoms with Crippen molar-refractivity contribution in [3.8, 4) is 0 Å². The van der Waals surface area contributed by atoms with Crippen LogP contribution in [0, 0.1) is 17.3 Å². The Morgan fingerprint density at radius 1 is 1.06 bits per heavy atom. The summed E-state index contributed by atoms with van der Waals surface area (Å²) in [7, 11) is -3.49. The van der Waals surface area contributed by atoms with E-state index in [1.807, 2.05) is 18.2 Å². The van der Waals surface area contributed by atoms with Gasteiger partial charge in [0, 0.05) is 57.8 Å². The number of amides is 1. The van der Waals surface area contributed by atoms with Crippen molar-refractivity contribution < 1.29 is 17.9 Å². The molecule has 4 fully saturated rings. The molecule has 3 saturated heterocycles. The third-order valence-electron chi connectivity index (χ3n) is 7.15. The van der Waals surface area contributed by atoms with E-state index in [1.54, 1.807) is 4.31 Å². The summed E-state index contributed by atoms with van der Waals surface area (Å²) >= 11 is 0. The van der Waals surface area contributed by atoms with Crippen LogP contribution in [0.4, 0.5) is 0 Å². The fourth-order valence-electron chi connectivity index (χ4n) is 5.17. The van der Waals surface area contributed by atoms with Crippen molar-refractivity contribution in [1.29, 1.82) is 0 Å². The second-order valence-corrected chi connectivity index (χ2v) is 11.5. The highest BCUT2D eigenvalue weighted by atomic mass is 32.2. The van der Waals surface area contributed by atoms with Gasteiger partial charge >= 0.3 is 0 Å². The molecule has 0 bridgehead atoms. The maximum Gasteiger partial charge on any atom is 0.282 e. The van der Waals surface area contributed by atoms with Crippen molar-refractivity contribution in [2.24, 2.45) is 17.3 Å². The first-order valence-electron chi connectivity index (χ1n) is 11.3. The van der Waals surface area contributed by atoms with Crippen molar-refractivity contribution in [2.45, 2.75) is 19.4 Å². The Labute approximate surface area is 184 Å². The first-order valence-corrected chi connectivity index (χ1v) is 12.7. The number of morpholine rings is 1. The van der Waals surface area contributed by atoms with Crippen LogP contribution in [0.15, 0.2) is 30.3 Å². The van der Waals surface area contributed by atoms with Gasteiger partial charge in [-0.25, -0.2) is 0 Å². The average Bonchev–Trinajstić information content (AvgIpc) is 3.51. The molecular weight excluding hydrogens is 416 g/mol. The molecule has 0 aromatic heterocycles. The molecule has 170 valence electrons. The number of carbonyl (C=O) groups is 1. The Balaban J connectivity index is 1.29. The third kappa shape index (κ3) is 4.39. The summed E-state index contributed by atoms with van der Waals surface area (Å²) < 4.78 is 34.5. The van der Waals surface area contributed by atoms with Crippen LogP contribution in [0.3, 0.4) is 0 Å². The maximum atomic E-state index is 13.1. The van der Waals surface area contributed by atoms with Crippen LogP contribution in [0.2, 0.25) is 0 Å². The number of likely N-dealkylation sites (tertiary alicyclic amines) is 1. The van der Waals surface area contributed by atoms with Crippen molar-refractivity contribution in [2.75, 3.05) is 59.0 Å². The molecule has 1 aromatic rings. The van der Waals surface area contributed by atoms with E-state index in [-0.39, 0.29) is 17.2 Å². The molecule has 1 amide bonds. The number of rotatable bonds is 7. The molecule has 1 unspecified atom stereocenters. The summed E-state index contributed by atoms with van der Waals surface area (Å²) in [5, 5.41) is 3.15. The number of hydrogen-bond donors (Lipinski definition) is 1. The summed E-state index contributed by atoms with van der Waals surface area (Å²) in [4.78, 5) is 15.4. The molecule has 1 aromatic carbocycles. The fourth-order valence-corrected chi connectivity index (χ4v) is 6.94. The van der Waals surface area contributed by atoms with E-state index in [2.05, 4.69) is 22.3 Å². The summed E-state index contributed by atoms with van der Waals surface area (Å²) in [6, 6.07) is 10.3. The zero-order valence-corrected chi connectivity index (χ0v) is 18.7. The molecule has 1 saturated carbocycles. The topological polar surface area (TPSA) is 82.2 Å². The van der Waals surface area contributed by atoms with Gasteiger partial charge < -0.3 is 10.1 Å². The average molecular weight is 449 g/mol. The van der Waals surface area contributed by atoms with E-state index in [4.69, 9.17) is 4.74 Å². The highest BCUT2D eigenvalue weighted by molar-refractivity contribution is 7.86. The van der Waals surface area contributed by atoms with Gasteiger partial charge in [0.05, 0.1) is 19.1 Å². The molecule has 0 radical (unpaired) electrons. The van der Waals surface area contributed by atoms with Gasteiger partial charge in [-0.15, -0.1) is 0 Å². The van der Waals surface area contributed by atoms with Crippen molar-refractivity contribution in [1.82, 2.24) is 18.8 Å². The van der Waals surface area contributed by atoms with E-state index in [9.17, 15) is 13.2 Å². The lowest BCUT2D eigenvalue weighted by atomic mass is 9.72. The number of benzene rings is 1. The molecule has 5 rings (SSSR count). The maximum absolute atomic E-state index is 13.1. The number of nitrogens with zero attached hydrogens (tertiary/aromatic N) is 3. The SMILES string of the molecule is O=C(NCC1CC1)C1CN(Cc2ccccc2)CC12CN(S(=O)(=O)N1CCOCC1)C2. The lowest BCUT2D eigenvalue weighted by Crippen LogP contribution is -2.66. The molecule has 1 atom stereocenters. The van der Waals surface area contributed by atoms with E-state index in [1.165, 1.54) is 22.7 Å². The van der Waals surface area contributed by atoms with Crippen LogP contribution < -0.4 is 5.32 Å². The molecule has 31 heavy (non-hydrogen) atoms. The smallest absolute Gasteiger partial charge is 0.282 e. The molecule has 9 heteroatoms. The van der Waals surface area contributed by atoms with Crippen molar-refractivity contribution in [3.63, 3.8) is 0 Å². The first kappa shape index (κ1) is 21.3. The lowest BCUT2D eigenvalue weighted by Gasteiger charge is -2.50. The summed E-state index contributed by atoms with van der Waals surface area (Å²) in [6.07, 6.45) is 2.39. The molecule has 3 heterocycles. The van der Waals surface area contributed by atoms with Crippen LogP contribution in [-0.2, 0) is 26.3 Å². The Morgan fingerprint density at radius 3 is 2.45 bits per heavy atom. The minimum Gasteiger partial charge on any atom is -0.379 e. The van der Waals surface area contributed by atoms with Crippen molar-refractivity contribution in [3.05, 3.63) is 35.9 Å². The van der Waals surface area contributed by atoms with Gasteiger partial charge in [-0.3, -0.25) is 9.69 Å². The molecular formula is C22H32N4O4S. The highest BCUT2D eigenvalue weighted by Crippen LogP contribution is 2.46. The standard InChI is InChI=1S/C22H32N4O4S/c27-21(23-12-18-6-7-18)20-14-24(13-19-4-2-1-3-5-19)15-22(20)16-26(17-22)31(28,29)25-8-10-30-11-9-25/h1-5,18,20H,6-17H2,(H,23,27). The van der Waals surface area contributed by atoms with Gasteiger partial charge in [0.15, 0.2) is 0 Å². The first-order chi connectivity index (χ1) is 15.0. The Kier molecular flexibility index (Phi) is 5.81. The van der Waals surface area contributed by atoms with Crippen molar-refractivity contribution >= 4 is 16.1 Å². The number of nitrogens with one attached hydrogen (secondary N) is 1. The third-order valence-corrected chi connectivity index (χ3v) is 9.08. The lowest BCUT2D eigenvalue weighted by molar-refractivity contribution is -0.130. The monoisotopic (exact) mass is 448 g/mol. The molecule has 4 aliphatic rings.